The molecule has 0 aromatic heterocycles. The van der Waals surface area contributed by atoms with Gasteiger partial charge in [-0.25, -0.2) is 0 Å². The van der Waals surface area contributed by atoms with Gasteiger partial charge in [0.25, 0.3) is 11.8 Å². The summed E-state index contributed by atoms with van der Waals surface area (Å²) < 4.78 is 12.4. The van der Waals surface area contributed by atoms with E-state index in [0.717, 1.165) is 27.9 Å². The molecular formula is C25H25BrN2O4S2. The molecule has 0 atom stereocenters. The summed E-state index contributed by atoms with van der Waals surface area (Å²) in [5.41, 5.74) is 4.64. The molecule has 2 amide bonds. The van der Waals surface area contributed by atoms with E-state index in [-0.39, 0.29) is 18.4 Å². The van der Waals surface area contributed by atoms with Crippen molar-refractivity contribution in [1.82, 2.24) is 4.90 Å². The first-order chi connectivity index (χ1) is 16.1. The van der Waals surface area contributed by atoms with Crippen molar-refractivity contribution in [3.63, 3.8) is 0 Å². The van der Waals surface area contributed by atoms with Gasteiger partial charge >= 0.3 is 0 Å². The van der Waals surface area contributed by atoms with Crippen LogP contribution in [0.3, 0.4) is 0 Å². The number of hydrogen-bond acceptors (Lipinski definition) is 6. The highest BCUT2D eigenvalue weighted by atomic mass is 79.9. The topological polar surface area (TPSA) is 67.9 Å². The van der Waals surface area contributed by atoms with Gasteiger partial charge in [-0.15, -0.1) is 6.58 Å². The maximum absolute atomic E-state index is 12.6. The maximum atomic E-state index is 12.6. The summed E-state index contributed by atoms with van der Waals surface area (Å²) in [4.78, 5) is 27.2. The van der Waals surface area contributed by atoms with Crippen LogP contribution in [0.4, 0.5) is 5.69 Å². The van der Waals surface area contributed by atoms with Gasteiger partial charge in [-0.3, -0.25) is 14.5 Å². The molecule has 2 aromatic rings. The van der Waals surface area contributed by atoms with Crippen LogP contribution in [0, 0.1) is 20.8 Å². The fraction of sp³-hybridized carbons (Fsp3) is 0.240. The molecule has 0 saturated carbocycles. The van der Waals surface area contributed by atoms with E-state index in [9.17, 15) is 9.59 Å². The first-order valence-electron chi connectivity index (χ1n) is 10.4. The van der Waals surface area contributed by atoms with Gasteiger partial charge in [-0.1, -0.05) is 47.8 Å². The van der Waals surface area contributed by atoms with E-state index >= 15 is 0 Å². The number of aryl methyl sites for hydroxylation is 3. The van der Waals surface area contributed by atoms with Crippen molar-refractivity contribution >= 4 is 67.8 Å². The summed E-state index contributed by atoms with van der Waals surface area (Å²) in [5, 5.41) is 2.92. The minimum absolute atomic E-state index is 0.163. The number of rotatable bonds is 8. The number of carbonyl (C=O) groups excluding carboxylic acids is 2. The highest BCUT2D eigenvalue weighted by molar-refractivity contribution is 9.10. The lowest BCUT2D eigenvalue weighted by atomic mass is 10.1. The zero-order chi connectivity index (χ0) is 25.0. The second kappa shape index (κ2) is 11.2. The quantitative estimate of drug-likeness (QED) is 0.250. The van der Waals surface area contributed by atoms with Crippen molar-refractivity contribution in [1.29, 1.82) is 0 Å². The van der Waals surface area contributed by atoms with Crippen LogP contribution in [0.5, 0.6) is 11.5 Å². The molecule has 1 aliphatic heterocycles. The van der Waals surface area contributed by atoms with E-state index < -0.39 is 0 Å². The van der Waals surface area contributed by atoms with Crippen LogP contribution in [0.25, 0.3) is 6.08 Å². The number of amides is 2. The molecule has 34 heavy (non-hydrogen) atoms. The number of methoxy groups -OCH3 is 1. The van der Waals surface area contributed by atoms with Gasteiger partial charge in [0.15, 0.2) is 18.1 Å². The lowest BCUT2D eigenvalue weighted by molar-refractivity contribution is -0.121. The van der Waals surface area contributed by atoms with Gasteiger partial charge in [0, 0.05) is 12.2 Å². The van der Waals surface area contributed by atoms with E-state index in [4.69, 9.17) is 21.7 Å². The Morgan fingerprint density at radius 1 is 1.24 bits per heavy atom. The number of carbonyl (C=O) groups is 2. The molecule has 0 spiro atoms. The van der Waals surface area contributed by atoms with E-state index in [1.165, 1.54) is 23.8 Å². The molecular weight excluding hydrogens is 536 g/mol. The summed E-state index contributed by atoms with van der Waals surface area (Å²) in [7, 11) is 1.51. The summed E-state index contributed by atoms with van der Waals surface area (Å²) in [6.07, 6.45) is 3.38. The molecule has 1 saturated heterocycles. The third-order valence-corrected chi connectivity index (χ3v) is 6.99. The number of nitrogens with zero attached hydrogens (tertiary/aromatic N) is 1. The van der Waals surface area contributed by atoms with Gasteiger partial charge in [-0.2, -0.15) is 0 Å². The number of anilines is 1. The Morgan fingerprint density at radius 3 is 2.53 bits per heavy atom. The van der Waals surface area contributed by atoms with Gasteiger partial charge in [0.1, 0.15) is 4.32 Å². The molecule has 6 nitrogen and oxygen atoms in total. The average molecular weight is 562 g/mol. The summed E-state index contributed by atoms with van der Waals surface area (Å²) in [6.45, 7) is 9.77. The SMILES string of the molecule is C=CCN1C(=O)/C(=C/c2cc(Br)c(OCC(=O)Nc3c(C)cc(C)cc3C)c(OC)c2)SC1=S. The van der Waals surface area contributed by atoms with Crippen LogP contribution >= 0.6 is 39.9 Å². The normalized spacial score (nSPS) is 14.5. The first kappa shape index (κ1) is 26.0. The number of thioether (sulfide) groups is 1. The summed E-state index contributed by atoms with van der Waals surface area (Å²) in [6, 6.07) is 7.58. The largest absolute Gasteiger partial charge is 0.493 e. The summed E-state index contributed by atoms with van der Waals surface area (Å²) in [5.74, 6) is 0.381. The standard InChI is InChI=1S/C25H25BrN2O4S2/c1-6-7-28-24(30)20(34-25(28)33)12-17-10-18(26)23(19(11-17)31-5)32-13-21(29)27-22-15(3)8-14(2)9-16(22)4/h6,8-12H,1,7,13H2,2-5H3,(H,27,29)/b20-12-. The van der Waals surface area contributed by atoms with Crippen molar-refractivity contribution in [3.05, 3.63) is 68.6 Å². The lowest BCUT2D eigenvalue weighted by Crippen LogP contribution is -2.27. The Hall–Kier alpha value is -2.62. The Bertz CT molecular complexity index is 1190. The first-order valence-corrected chi connectivity index (χ1v) is 12.4. The Labute approximate surface area is 217 Å². The Kier molecular flexibility index (Phi) is 8.57. The number of benzene rings is 2. The average Bonchev–Trinajstić information content (AvgIpc) is 3.02. The maximum Gasteiger partial charge on any atom is 0.266 e. The lowest BCUT2D eigenvalue weighted by Gasteiger charge is -2.15. The van der Waals surface area contributed by atoms with E-state index in [1.54, 1.807) is 24.3 Å². The Morgan fingerprint density at radius 2 is 1.91 bits per heavy atom. The second-order valence-corrected chi connectivity index (χ2v) is 10.3. The minimum atomic E-state index is -0.279. The van der Waals surface area contributed by atoms with Gasteiger partial charge in [-0.05, 0) is 71.6 Å². The molecule has 1 heterocycles. The Balaban J connectivity index is 1.76. The number of hydrogen-bond donors (Lipinski definition) is 1. The molecule has 1 aliphatic rings. The molecule has 178 valence electrons. The van der Waals surface area contributed by atoms with Crippen molar-refractivity contribution in [3.8, 4) is 11.5 Å². The molecule has 1 fully saturated rings. The van der Waals surface area contributed by atoms with Gasteiger partial charge < -0.3 is 14.8 Å². The number of nitrogens with one attached hydrogen (secondary N) is 1. The van der Waals surface area contributed by atoms with E-state index in [2.05, 4.69) is 27.8 Å². The molecule has 3 rings (SSSR count). The summed E-state index contributed by atoms with van der Waals surface area (Å²) >= 11 is 10.0. The predicted molar refractivity (Wildman–Crippen MR) is 146 cm³/mol. The van der Waals surface area contributed by atoms with Crippen LogP contribution < -0.4 is 14.8 Å². The fourth-order valence-corrected chi connectivity index (χ4v) is 5.44. The highest BCUT2D eigenvalue weighted by Gasteiger charge is 2.31. The van der Waals surface area contributed by atoms with Crippen molar-refractivity contribution in [2.45, 2.75) is 20.8 Å². The number of thiocarbonyl (C=S) groups is 1. The third-order valence-electron chi connectivity index (χ3n) is 5.02. The third kappa shape index (κ3) is 5.89. The molecule has 1 N–H and O–H groups in total. The van der Waals surface area contributed by atoms with Crippen molar-refractivity contribution in [2.75, 3.05) is 25.6 Å². The molecule has 2 aromatic carbocycles. The predicted octanol–water partition coefficient (Wildman–Crippen LogP) is 5.79. The van der Waals surface area contributed by atoms with Gasteiger partial charge in [0.2, 0.25) is 0 Å². The second-order valence-electron chi connectivity index (χ2n) is 7.73. The van der Waals surface area contributed by atoms with Crippen LogP contribution in [-0.4, -0.2) is 41.3 Å². The van der Waals surface area contributed by atoms with Crippen molar-refractivity contribution < 1.29 is 19.1 Å². The van der Waals surface area contributed by atoms with Crippen molar-refractivity contribution in [2.24, 2.45) is 0 Å². The molecule has 0 radical (unpaired) electrons. The fourth-order valence-electron chi connectivity index (χ4n) is 3.59. The minimum Gasteiger partial charge on any atom is -0.493 e. The van der Waals surface area contributed by atoms with Gasteiger partial charge in [0.05, 0.1) is 16.5 Å². The smallest absolute Gasteiger partial charge is 0.266 e. The molecule has 9 heteroatoms. The van der Waals surface area contributed by atoms with E-state index in [0.29, 0.717) is 31.7 Å². The molecule has 0 bridgehead atoms. The molecule has 0 aliphatic carbocycles. The number of ether oxygens (including phenoxy) is 2. The van der Waals surface area contributed by atoms with Crippen LogP contribution in [-0.2, 0) is 9.59 Å². The number of halogens is 1. The van der Waals surface area contributed by atoms with Crippen LogP contribution in [0.1, 0.15) is 22.3 Å². The monoisotopic (exact) mass is 560 g/mol. The highest BCUT2D eigenvalue weighted by Crippen LogP contribution is 2.39. The zero-order valence-corrected chi connectivity index (χ0v) is 22.6. The zero-order valence-electron chi connectivity index (χ0n) is 19.4. The van der Waals surface area contributed by atoms with E-state index in [1.807, 2.05) is 32.9 Å². The molecule has 0 unspecified atom stereocenters. The van der Waals surface area contributed by atoms with Crippen LogP contribution in [0.2, 0.25) is 0 Å². The van der Waals surface area contributed by atoms with Crippen LogP contribution in [0.15, 0.2) is 46.3 Å².